The van der Waals surface area contributed by atoms with E-state index in [2.05, 4.69) is 5.10 Å². The minimum absolute atomic E-state index is 0.207. The molecule has 0 saturated heterocycles. The zero-order chi connectivity index (χ0) is 20.3. The van der Waals surface area contributed by atoms with Gasteiger partial charge in [0.05, 0.1) is 17.9 Å². The molecule has 0 saturated carbocycles. The van der Waals surface area contributed by atoms with Crippen molar-refractivity contribution in [2.24, 2.45) is 0 Å². The molecule has 144 valence electrons. The molecule has 0 radical (unpaired) electrons. The minimum atomic E-state index is -0.520. The second-order valence-electron chi connectivity index (χ2n) is 7.01. The molecule has 0 bridgehead atoms. The Kier molecular flexibility index (Phi) is 5.73. The molecule has 0 aliphatic carbocycles. The van der Waals surface area contributed by atoms with Crippen LogP contribution in [0.1, 0.15) is 48.8 Å². The number of hydrogen-bond acceptors (Lipinski definition) is 4. The number of carbonyl (C=O) groups excluding carboxylic acids is 2. The molecule has 0 unspecified atom stereocenters. The fraction of sp³-hybridized carbons (Fsp3) is 0.261. The van der Waals surface area contributed by atoms with Gasteiger partial charge in [-0.25, -0.2) is 4.79 Å². The van der Waals surface area contributed by atoms with Crippen molar-refractivity contribution in [3.05, 3.63) is 87.7 Å². The van der Waals surface area contributed by atoms with Crippen molar-refractivity contribution in [1.29, 1.82) is 0 Å². The first-order valence-electron chi connectivity index (χ1n) is 9.22. The molecule has 0 spiro atoms. The summed E-state index contributed by atoms with van der Waals surface area (Å²) in [7, 11) is 0. The Morgan fingerprint density at radius 3 is 2.43 bits per heavy atom. The molecule has 0 atom stereocenters. The second kappa shape index (κ2) is 8.21. The largest absolute Gasteiger partial charge is 0.454 e. The monoisotopic (exact) mass is 376 g/mol. The van der Waals surface area contributed by atoms with Gasteiger partial charge in [-0.2, -0.15) is 5.10 Å². The molecular formula is C23H24N2O3. The van der Waals surface area contributed by atoms with E-state index < -0.39 is 5.97 Å². The van der Waals surface area contributed by atoms with Crippen molar-refractivity contribution in [3.8, 4) is 0 Å². The van der Waals surface area contributed by atoms with Gasteiger partial charge in [0, 0.05) is 5.56 Å². The van der Waals surface area contributed by atoms with Gasteiger partial charge in [-0.05, 0) is 44.9 Å². The highest BCUT2D eigenvalue weighted by Gasteiger charge is 2.21. The Hall–Kier alpha value is -3.21. The van der Waals surface area contributed by atoms with Crippen LogP contribution in [0.2, 0.25) is 0 Å². The van der Waals surface area contributed by atoms with E-state index in [1.807, 2.05) is 69.3 Å². The molecular weight excluding hydrogens is 352 g/mol. The van der Waals surface area contributed by atoms with Crippen LogP contribution in [-0.4, -0.2) is 28.1 Å². The number of nitrogens with zero attached hydrogens (tertiary/aromatic N) is 2. The Balaban J connectivity index is 1.72. The number of benzene rings is 2. The molecule has 0 amide bonds. The van der Waals surface area contributed by atoms with Crippen LogP contribution in [0, 0.1) is 27.7 Å². The third-order valence-corrected chi connectivity index (χ3v) is 4.79. The van der Waals surface area contributed by atoms with Crippen LogP contribution in [0.3, 0.4) is 0 Å². The minimum Gasteiger partial charge on any atom is -0.454 e. The van der Waals surface area contributed by atoms with E-state index in [1.54, 1.807) is 11.6 Å². The quantitative estimate of drug-likeness (QED) is 0.478. The summed E-state index contributed by atoms with van der Waals surface area (Å²) in [6, 6.07) is 15.6. The molecule has 28 heavy (non-hydrogen) atoms. The maximum atomic E-state index is 12.6. The van der Waals surface area contributed by atoms with Crippen LogP contribution in [-0.2, 0) is 11.3 Å². The summed E-state index contributed by atoms with van der Waals surface area (Å²) in [5, 5.41) is 4.47. The first-order chi connectivity index (χ1) is 13.4. The fourth-order valence-corrected chi connectivity index (χ4v) is 3.22. The van der Waals surface area contributed by atoms with Gasteiger partial charge in [0.15, 0.2) is 6.61 Å². The van der Waals surface area contributed by atoms with Crippen molar-refractivity contribution in [2.75, 3.05) is 6.61 Å². The maximum Gasteiger partial charge on any atom is 0.342 e. The number of Topliss-reactive ketones (excluding diaryl/α,β-unsaturated/α-hetero) is 1. The number of hydrogen-bond donors (Lipinski definition) is 0. The molecule has 0 fully saturated rings. The molecule has 0 N–H and O–H groups in total. The highest BCUT2D eigenvalue weighted by Crippen LogP contribution is 2.17. The lowest BCUT2D eigenvalue weighted by Crippen LogP contribution is -2.16. The maximum absolute atomic E-state index is 12.6. The van der Waals surface area contributed by atoms with Crippen molar-refractivity contribution in [3.63, 3.8) is 0 Å². The molecule has 1 aromatic heterocycles. The Morgan fingerprint density at radius 2 is 1.71 bits per heavy atom. The Bertz CT molecular complexity index is 1020. The smallest absolute Gasteiger partial charge is 0.342 e. The van der Waals surface area contributed by atoms with Gasteiger partial charge in [0.25, 0.3) is 0 Å². The molecule has 1 heterocycles. The fourth-order valence-electron chi connectivity index (χ4n) is 3.22. The lowest BCUT2D eigenvalue weighted by molar-refractivity contribution is 0.0473. The van der Waals surface area contributed by atoms with Crippen molar-refractivity contribution < 1.29 is 14.3 Å². The van der Waals surface area contributed by atoms with Crippen LogP contribution in [0.5, 0.6) is 0 Å². The van der Waals surface area contributed by atoms with E-state index in [0.717, 1.165) is 22.4 Å². The zero-order valence-electron chi connectivity index (χ0n) is 16.7. The number of rotatable bonds is 6. The van der Waals surface area contributed by atoms with Gasteiger partial charge in [0.1, 0.15) is 5.56 Å². The van der Waals surface area contributed by atoms with Gasteiger partial charge in [-0.3, -0.25) is 9.48 Å². The molecule has 2 aromatic carbocycles. The van der Waals surface area contributed by atoms with Gasteiger partial charge < -0.3 is 4.74 Å². The van der Waals surface area contributed by atoms with Crippen molar-refractivity contribution in [1.82, 2.24) is 9.78 Å². The predicted molar refractivity (Wildman–Crippen MR) is 108 cm³/mol. The van der Waals surface area contributed by atoms with Gasteiger partial charge in [-0.1, -0.05) is 48.0 Å². The Morgan fingerprint density at radius 1 is 1.00 bits per heavy atom. The topological polar surface area (TPSA) is 61.2 Å². The van der Waals surface area contributed by atoms with E-state index in [4.69, 9.17) is 4.74 Å². The first kappa shape index (κ1) is 19.5. The van der Waals surface area contributed by atoms with Crippen molar-refractivity contribution >= 4 is 11.8 Å². The van der Waals surface area contributed by atoms with Crippen molar-refractivity contribution in [2.45, 2.75) is 34.2 Å². The first-order valence-corrected chi connectivity index (χ1v) is 9.22. The number of aromatic nitrogens is 2. The summed E-state index contributed by atoms with van der Waals surface area (Å²) in [5.41, 5.74) is 5.29. The van der Waals surface area contributed by atoms with E-state index in [9.17, 15) is 9.59 Å². The van der Waals surface area contributed by atoms with Crippen LogP contribution in [0.4, 0.5) is 0 Å². The summed E-state index contributed by atoms with van der Waals surface area (Å²) < 4.78 is 7.11. The average molecular weight is 376 g/mol. The SMILES string of the molecule is Cc1ccc(C)c(C(=O)COC(=O)c2c(C)nn(Cc3ccccc3)c2C)c1. The standard InChI is InChI=1S/C23H24N2O3/c1-15-10-11-16(2)20(12-15)21(26)14-28-23(27)22-17(3)24-25(18(22)4)13-19-8-6-5-7-9-19/h5-12H,13-14H2,1-4H3. The Labute approximate surface area is 165 Å². The average Bonchev–Trinajstić information content (AvgIpc) is 2.95. The highest BCUT2D eigenvalue weighted by molar-refractivity contribution is 6.00. The summed E-state index contributed by atoms with van der Waals surface area (Å²) in [6.07, 6.45) is 0. The lowest BCUT2D eigenvalue weighted by atomic mass is 10.0. The lowest BCUT2D eigenvalue weighted by Gasteiger charge is -2.08. The highest BCUT2D eigenvalue weighted by atomic mass is 16.5. The summed E-state index contributed by atoms with van der Waals surface area (Å²) in [6.45, 7) is 7.70. The summed E-state index contributed by atoms with van der Waals surface area (Å²) >= 11 is 0. The summed E-state index contributed by atoms with van der Waals surface area (Å²) in [5.74, 6) is -0.727. The number of aryl methyl sites for hydroxylation is 3. The van der Waals surface area contributed by atoms with Gasteiger partial charge in [-0.15, -0.1) is 0 Å². The van der Waals surface area contributed by atoms with Gasteiger partial charge in [0.2, 0.25) is 5.78 Å². The number of carbonyl (C=O) groups is 2. The van der Waals surface area contributed by atoms with Crippen LogP contribution in [0.15, 0.2) is 48.5 Å². The molecule has 5 nitrogen and oxygen atoms in total. The molecule has 3 rings (SSSR count). The van der Waals surface area contributed by atoms with Gasteiger partial charge >= 0.3 is 5.97 Å². The number of ether oxygens (including phenoxy) is 1. The van der Waals surface area contributed by atoms with E-state index >= 15 is 0 Å². The van der Waals surface area contributed by atoms with Crippen LogP contribution in [0.25, 0.3) is 0 Å². The van der Waals surface area contributed by atoms with E-state index in [0.29, 0.717) is 23.4 Å². The third-order valence-electron chi connectivity index (χ3n) is 4.79. The number of ketones is 1. The molecule has 5 heteroatoms. The molecule has 0 aliphatic rings. The molecule has 3 aromatic rings. The number of esters is 1. The summed E-state index contributed by atoms with van der Waals surface area (Å²) in [4.78, 5) is 25.1. The van der Waals surface area contributed by atoms with E-state index in [-0.39, 0.29) is 12.4 Å². The zero-order valence-corrected chi connectivity index (χ0v) is 16.7. The van der Waals surface area contributed by atoms with Crippen LogP contribution >= 0.6 is 0 Å². The second-order valence-corrected chi connectivity index (χ2v) is 7.01. The predicted octanol–water partition coefficient (Wildman–Crippen LogP) is 4.20. The van der Waals surface area contributed by atoms with Crippen LogP contribution < -0.4 is 0 Å². The normalized spacial score (nSPS) is 10.7. The van der Waals surface area contributed by atoms with E-state index in [1.165, 1.54) is 0 Å². The third kappa shape index (κ3) is 4.19. The molecule has 0 aliphatic heterocycles.